The molecular formula is C16H25N3O5. The number of aliphatic hydroxyl groups excluding tert-OH is 3. The molecule has 1 saturated heterocycles. The van der Waals surface area contributed by atoms with E-state index in [0.29, 0.717) is 19.3 Å². The number of benzene rings is 1. The smallest absolute Gasteiger partial charge is 0.221 e. The van der Waals surface area contributed by atoms with Crippen molar-refractivity contribution in [2.45, 2.75) is 37.9 Å². The highest BCUT2D eigenvalue weighted by atomic mass is 16.5. The van der Waals surface area contributed by atoms with E-state index in [1.807, 2.05) is 30.3 Å². The lowest BCUT2D eigenvalue weighted by atomic mass is 9.79. The average Bonchev–Trinajstić information content (AvgIpc) is 2.57. The summed E-state index contributed by atoms with van der Waals surface area (Å²) in [6.45, 7) is -0.188. The van der Waals surface area contributed by atoms with Crippen molar-refractivity contribution in [3.63, 3.8) is 0 Å². The fourth-order valence-corrected chi connectivity index (χ4v) is 3.29. The van der Waals surface area contributed by atoms with Crippen molar-refractivity contribution in [2.24, 2.45) is 17.6 Å². The molecular weight excluding hydrogens is 314 g/mol. The van der Waals surface area contributed by atoms with Crippen LogP contribution in [0.25, 0.3) is 0 Å². The number of nitrogens with one attached hydrogen (secondary N) is 1. The molecule has 2 rings (SSSR count). The molecule has 0 saturated carbocycles. The van der Waals surface area contributed by atoms with E-state index in [9.17, 15) is 20.1 Å². The highest BCUT2D eigenvalue weighted by Crippen LogP contribution is 2.33. The van der Waals surface area contributed by atoms with E-state index >= 15 is 0 Å². The summed E-state index contributed by atoms with van der Waals surface area (Å²) in [5.41, 5.74) is 8.15. The number of likely N-dealkylation sites (tertiary alicyclic amines) is 1. The Balaban J connectivity index is 2.15. The van der Waals surface area contributed by atoms with Crippen LogP contribution in [0.1, 0.15) is 18.4 Å². The Morgan fingerprint density at radius 1 is 1.29 bits per heavy atom. The van der Waals surface area contributed by atoms with Gasteiger partial charge in [-0.3, -0.25) is 4.79 Å². The lowest BCUT2D eigenvalue weighted by molar-refractivity contribution is -0.186. The predicted molar refractivity (Wildman–Crippen MR) is 85.2 cm³/mol. The van der Waals surface area contributed by atoms with Crippen LogP contribution in [0.5, 0.6) is 0 Å². The van der Waals surface area contributed by atoms with Crippen molar-refractivity contribution < 1.29 is 25.3 Å². The first-order valence-electron chi connectivity index (χ1n) is 7.96. The molecule has 0 aromatic heterocycles. The van der Waals surface area contributed by atoms with Gasteiger partial charge in [0.1, 0.15) is 18.7 Å². The summed E-state index contributed by atoms with van der Waals surface area (Å²) in [7, 11) is 0. The third-order valence-corrected chi connectivity index (χ3v) is 4.58. The molecule has 0 spiro atoms. The van der Waals surface area contributed by atoms with Gasteiger partial charge in [-0.25, -0.2) is 4.90 Å². The third kappa shape index (κ3) is 4.50. The monoisotopic (exact) mass is 339 g/mol. The van der Waals surface area contributed by atoms with Crippen molar-refractivity contribution >= 4 is 5.91 Å². The second kappa shape index (κ2) is 8.52. The number of hydrogen-bond acceptors (Lipinski definition) is 7. The number of aliphatic hydroxyl groups is 3. The van der Waals surface area contributed by atoms with Crippen molar-refractivity contribution in [3.05, 3.63) is 35.9 Å². The number of amides is 1. The molecule has 5 atom stereocenters. The van der Waals surface area contributed by atoms with Gasteiger partial charge < -0.3 is 26.3 Å². The van der Waals surface area contributed by atoms with Gasteiger partial charge in [0, 0.05) is 18.4 Å². The summed E-state index contributed by atoms with van der Waals surface area (Å²) >= 11 is 0. The van der Waals surface area contributed by atoms with E-state index in [4.69, 9.17) is 10.9 Å². The topological polar surface area (TPSA) is 139 Å². The molecule has 1 aromatic rings. The van der Waals surface area contributed by atoms with Gasteiger partial charge in [-0.1, -0.05) is 30.3 Å². The molecule has 1 aliphatic heterocycles. The first kappa shape index (κ1) is 18.8. The molecule has 0 unspecified atom stereocenters. The number of hydrogen-bond donors (Lipinski definition) is 6. The van der Waals surface area contributed by atoms with Crippen LogP contribution < -0.4 is 11.2 Å². The standard InChI is InChI=1S/C16H25N3O5/c17-15(22)12(8-10-4-2-1-3-5-10)11-6-7-14(21)19(16(11)23)9-13(20)18-24/h1-5,11-14,16,18,20-21,23-24H,6-9H2,(H2,17,22)/t11-,12-,13-,14-,16-/m0/s1. The van der Waals surface area contributed by atoms with Crippen LogP contribution in [-0.2, 0) is 11.2 Å². The van der Waals surface area contributed by atoms with Gasteiger partial charge in [0.05, 0.1) is 0 Å². The summed E-state index contributed by atoms with van der Waals surface area (Å²) in [5.74, 6) is -1.59. The van der Waals surface area contributed by atoms with E-state index in [1.54, 1.807) is 5.48 Å². The zero-order valence-electron chi connectivity index (χ0n) is 13.3. The Kier molecular flexibility index (Phi) is 6.67. The lowest BCUT2D eigenvalue weighted by Gasteiger charge is -2.44. The minimum atomic E-state index is -1.32. The third-order valence-electron chi connectivity index (χ3n) is 4.58. The Morgan fingerprint density at radius 3 is 2.54 bits per heavy atom. The van der Waals surface area contributed by atoms with E-state index < -0.39 is 36.4 Å². The van der Waals surface area contributed by atoms with Crippen LogP contribution in [-0.4, -0.2) is 56.6 Å². The van der Waals surface area contributed by atoms with Gasteiger partial charge >= 0.3 is 0 Å². The maximum absolute atomic E-state index is 11.9. The summed E-state index contributed by atoms with van der Waals surface area (Å²) < 4.78 is 0. The molecule has 134 valence electrons. The number of piperidine rings is 1. The quantitative estimate of drug-likeness (QED) is 0.276. The van der Waals surface area contributed by atoms with Gasteiger partial charge in [0.25, 0.3) is 0 Å². The van der Waals surface area contributed by atoms with Crippen LogP contribution in [0.15, 0.2) is 30.3 Å². The minimum absolute atomic E-state index is 0.188. The molecule has 24 heavy (non-hydrogen) atoms. The van der Waals surface area contributed by atoms with Gasteiger partial charge in [-0.05, 0) is 24.8 Å². The SMILES string of the molecule is NC(=O)[C@@H](Cc1ccccc1)[C@@H]1CC[C@H](O)N(C[C@H](O)NO)[C@H]1O. The molecule has 1 aliphatic rings. The van der Waals surface area contributed by atoms with E-state index in [1.165, 1.54) is 4.90 Å². The summed E-state index contributed by atoms with van der Waals surface area (Å²) in [6, 6.07) is 9.38. The summed E-state index contributed by atoms with van der Waals surface area (Å²) in [5, 5.41) is 38.8. The fourth-order valence-electron chi connectivity index (χ4n) is 3.29. The van der Waals surface area contributed by atoms with Crippen molar-refractivity contribution in [1.82, 2.24) is 10.4 Å². The average molecular weight is 339 g/mol. The minimum Gasteiger partial charge on any atom is -0.378 e. The number of β-amino-alcohol motifs (C(OH)–C–C–N with tert-alkyl or cyclic N) is 1. The molecule has 7 N–H and O–H groups in total. The largest absolute Gasteiger partial charge is 0.378 e. The van der Waals surface area contributed by atoms with Crippen LogP contribution in [0.2, 0.25) is 0 Å². The molecule has 1 aromatic carbocycles. The predicted octanol–water partition coefficient (Wildman–Crippen LogP) is -1.02. The first-order chi connectivity index (χ1) is 11.4. The maximum atomic E-state index is 11.9. The Labute approximate surface area is 140 Å². The zero-order chi connectivity index (χ0) is 17.7. The van der Waals surface area contributed by atoms with Gasteiger partial charge in [0.15, 0.2) is 0 Å². The van der Waals surface area contributed by atoms with Crippen LogP contribution in [0, 0.1) is 11.8 Å². The van der Waals surface area contributed by atoms with Crippen LogP contribution in [0.4, 0.5) is 0 Å². The number of nitrogens with zero attached hydrogens (tertiary/aromatic N) is 1. The van der Waals surface area contributed by atoms with E-state index in [-0.39, 0.29) is 6.54 Å². The highest BCUT2D eigenvalue weighted by Gasteiger charge is 2.41. The number of primary amides is 1. The Bertz CT molecular complexity index is 530. The number of carbonyl (C=O) groups is 1. The molecule has 1 heterocycles. The Hall–Kier alpha value is -1.55. The molecule has 8 nitrogen and oxygen atoms in total. The second-order valence-corrected chi connectivity index (χ2v) is 6.18. The number of nitrogens with two attached hydrogens (primary N) is 1. The molecule has 8 heteroatoms. The number of rotatable bonds is 7. The van der Waals surface area contributed by atoms with Crippen LogP contribution >= 0.6 is 0 Å². The van der Waals surface area contributed by atoms with Crippen LogP contribution in [0.3, 0.4) is 0 Å². The van der Waals surface area contributed by atoms with Gasteiger partial charge in [0.2, 0.25) is 5.91 Å². The van der Waals surface area contributed by atoms with E-state index in [0.717, 1.165) is 5.56 Å². The van der Waals surface area contributed by atoms with Crippen molar-refractivity contribution in [2.75, 3.05) is 6.54 Å². The second-order valence-electron chi connectivity index (χ2n) is 6.18. The fraction of sp³-hybridized carbons (Fsp3) is 0.562. The van der Waals surface area contributed by atoms with Crippen molar-refractivity contribution in [1.29, 1.82) is 0 Å². The van der Waals surface area contributed by atoms with Crippen molar-refractivity contribution in [3.8, 4) is 0 Å². The molecule has 0 aliphatic carbocycles. The van der Waals surface area contributed by atoms with Gasteiger partial charge in [-0.15, -0.1) is 0 Å². The maximum Gasteiger partial charge on any atom is 0.221 e. The first-order valence-corrected chi connectivity index (χ1v) is 7.96. The zero-order valence-corrected chi connectivity index (χ0v) is 13.3. The Morgan fingerprint density at radius 2 is 1.96 bits per heavy atom. The lowest BCUT2D eigenvalue weighted by Crippen LogP contribution is -2.57. The number of carbonyl (C=O) groups excluding carboxylic acids is 1. The highest BCUT2D eigenvalue weighted by molar-refractivity contribution is 5.77. The molecule has 1 fully saturated rings. The summed E-state index contributed by atoms with van der Waals surface area (Å²) in [4.78, 5) is 13.2. The molecule has 0 radical (unpaired) electrons. The molecule has 1 amide bonds. The summed E-state index contributed by atoms with van der Waals surface area (Å²) in [6.07, 6.45) is -2.29. The number of hydroxylamine groups is 1. The normalized spacial score (nSPS) is 27.6. The van der Waals surface area contributed by atoms with E-state index in [2.05, 4.69) is 0 Å². The van der Waals surface area contributed by atoms with Gasteiger partial charge in [-0.2, -0.15) is 5.48 Å². The molecule has 0 bridgehead atoms.